The van der Waals surface area contributed by atoms with Gasteiger partial charge < -0.3 is 35.2 Å². The normalized spacial score (nSPS) is 24.3. The third-order valence-corrected chi connectivity index (χ3v) is 8.67. The molecule has 222 valence electrons. The molecule has 1 unspecified atom stereocenters. The lowest BCUT2D eigenvalue weighted by Crippen LogP contribution is -2.52. The number of aromatic nitrogens is 3. The molecular formula is C32H34N6O5. The molecular weight excluding hydrogens is 548 g/mol. The molecule has 5 heterocycles. The first-order valence-electron chi connectivity index (χ1n) is 14.6. The van der Waals surface area contributed by atoms with Gasteiger partial charge in [0.25, 0.3) is 0 Å². The zero-order valence-electron chi connectivity index (χ0n) is 24.3. The summed E-state index contributed by atoms with van der Waals surface area (Å²) in [5, 5.41) is 19.9. The molecule has 5 atom stereocenters. The number of rotatable bonds is 5. The molecule has 2 aromatic carbocycles. The highest BCUT2D eigenvalue weighted by molar-refractivity contribution is 5.90. The van der Waals surface area contributed by atoms with Crippen LogP contribution in [0.1, 0.15) is 62.1 Å². The first-order valence-corrected chi connectivity index (χ1v) is 14.6. The van der Waals surface area contributed by atoms with Crippen LogP contribution < -0.4 is 20.7 Å². The third-order valence-electron chi connectivity index (χ3n) is 8.67. The number of carbonyl (C=O) groups is 2. The lowest BCUT2D eigenvalue weighted by atomic mass is 9.72. The first kappa shape index (κ1) is 27.2. The van der Waals surface area contributed by atoms with Crippen LogP contribution in [0, 0.1) is 11.8 Å². The van der Waals surface area contributed by atoms with Crippen molar-refractivity contribution in [2.24, 2.45) is 11.8 Å². The van der Waals surface area contributed by atoms with Crippen molar-refractivity contribution in [3.8, 4) is 17.3 Å². The Hall–Kier alpha value is -4.64. The highest BCUT2D eigenvalue weighted by Gasteiger charge is 2.61. The second-order valence-corrected chi connectivity index (χ2v) is 12.2. The summed E-state index contributed by atoms with van der Waals surface area (Å²) in [5.41, 5.74) is 3.16. The van der Waals surface area contributed by atoms with Crippen molar-refractivity contribution in [3.63, 3.8) is 0 Å². The van der Waals surface area contributed by atoms with Gasteiger partial charge in [0.05, 0.1) is 0 Å². The van der Waals surface area contributed by atoms with Crippen LogP contribution in [-0.4, -0.2) is 50.2 Å². The second-order valence-electron chi connectivity index (χ2n) is 12.2. The van der Waals surface area contributed by atoms with Gasteiger partial charge in [0.15, 0.2) is 17.8 Å². The molecule has 4 aromatic rings. The molecule has 0 radical (unpaired) electrons. The summed E-state index contributed by atoms with van der Waals surface area (Å²) < 4.78 is 13.3. The molecule has 3 aliphatic rings. The van der Waals surface area contributed by atoms with E-state index in [0.29, 0.717) is 28.9 Å². The molecule has 1 spiro atoms. The quantitative estimate of drug-likeness (QED) is 0.240. The number of H-pyrrole nitrogens is 1. The van der Waals surface area contributed by atoms with Crippen molar-refractivity contribution in [3.05, 3.63) is 83.2 Å². The lowest BCUT2D eigenvalue weighted by molar-refractivity contribution is -0.135. The zero-order chi connectivity index (χ0) is 30.0. The first-order chi connectivity index (χ1) is 20.7. The van der Waals surface area contributed by atoms with Gasteiger partial charge in [0.1, 0.15) is 35.0 Å². The molecule has 2 aromatic heterocycles. The summed E-state index contributed by atoms with van der Waals surface area (Å²) in [6.45, 7) is 7.44. The minimum Gasteiger partial charge on any atom is -0.469 e. The van der Waals surface area contributed by atoms with Crippen molar-refractivity contribution in [1.29, 1.82) is 0 Å². The van der Waals surface area contributed by atoms with Crippen LogP contribution in [0.2, 0.25) is 0 Å². The number of anilines is 1. The van der Waals surface area contributed by atoms with E-state index in [9.17, 15) is 14.7 Å². The smallest absolute Gasteiger partial charge is 0.249 e. The Morgan fingerprint density at radius 3 is 2.67 bits per heavy atom. The number of amides is 2. The number of imidazole rings is 1. The average molecular weight is 583 g/mol. The van der Waals surface area contributed by atoms with Crippen molar-refractivity contribution in [1.82, 2.24) is 25.6 Å². The lowest BCUT2D eigenvalue weighted by Gasteiger charge is -2.29. The van der Waals surface area contributed by atoms with Gasteiger partial charge in [-0.05, 0) is 35.1 Å². The molecule has 2 amide bonds. The largest absolute Gasteiger partial charge is 0.469 e. The summed E-state index contributed by atoms with van der Waals surface area (Å²) in [6.07, 6.45) is 1.81. The molecule has 0 aliphatic carbocycles. The summed E-state index contributed by atoms with van der Waals surface area (Å²) >= 11 is 0. The topological polar surface area (TPSA) is 154 Å². The molecule has 5 N–H and O–H groups in total. The number of aliphatic hydroxyl groups excluding tert-OH is 1. The molecule has 0 fully saturated rings. The van der Waals surface area contributed by atoms with Gasteiger partial charge in [-0.3, -0.25) is 9.59 Å². The van der Waals surface area contributed by atoms with Gasteiger partial charge in [-0.1, -0.05) is 58.0 Å². The van der Waals surface area contributed by atoms with E-state index in [4.69, 9.17) is 14.1 Å². The molecule has 0 saturated carbocycles. The predicted octanol–water partition coefficient (Wildman–Crippen LogP) is 3.41. The Morgan fingerprint density at radius 1 is 1.12 bits per heavy atom. The average Bonchev–Trinajstić information content (AvgIpc) is 3.76. The van der Waals surface area contributed by atoms with Crippen molar-refractivity contribution in [2.75, 3.05) is 5.32 Å². The van der Waals surface area contributed by atoms with E-state index >= 15 is 0 Å². The number of nitrogens with zero attached hydrogens (tertiary/aromatic N) is 2. The van der Waals surface area contributed by atoms with E-state index in [2.05, 4.69) is 32.0 Å². The maximum atomic E-state index is 13.9. The van der Waals surface area contributed by atoms with Crippen molar-refractivity contribution >= 4 is 17.5 Å². The maximum Gasteiger partial charge on any atom is 0.249 e. The highest BCUT2D eigenvalue weighted by atomic mass is 16.5. The van der Waals surface area contributed by atoms with Crippen LogP contribution in [0.5, 0.6) is 5.75 Å². The van der Waals surface area contributed by atoms with Gasteiger partial charge in [-0.2, -0.15) is 0 Å². The van der Waals surface area contributed by atoms with Crippen molar-refractivity contribution in [2.45, 2.75) is 63.9 Å². The number of aromatic amines is 1. The van der Waals surface area contributed by atoms with Gasteiger partial charge in [0, 0.05) is 30.1 Å². The minimum absolute atomic E-state index is 0.115. The number of aliphatic hydroxyl groups is 1. The number of hydrogen-bond donors (Lipinski definition) is 5. The molecule has 11 nitrogen and oxygen atoms in total. The number of ether oxygens (including phenoxy) is 1. The number of para-hydroxylation sites is 1. The monoisotopic (exact) mass is 582 g/mol. The van der Waals surface area contributed by atoms with E-state index in [0.717, 1.165) is 22.4 Å². The van der Waals surface area contributed by atoms with E-state index < -0.39 is 41.6 Å². The maximum absolute atomic E-state index is 13.9. The SMILES string of the molecule is CC(C)[C@H](O)C(=O)N[C@H]1Cc2ccc3c(c2)[C@@]2(c4ccccc4NC2O3)c2oc(nc2-c2ncc[nH]2)[C@H](C(C)C)NC1=O. The van der Waals surface area contributed by atoms with Crippen LogP contribution in [-0.2, 0) is 21.4 Å². The number of fused-ring (bicyclic) bond motifs is 4. The van der Waals surface area contributed by atoms with Crippen LogP contribution in [0.25, 0.3) is 11.5 Å². The van der Waals surface area contributed by atoms with Crippen molar-refractivity contribution < 1.29 is 23.8 Å². The van der Waals surface area contributed by atoms with E-state index in [-0.39, 0.29) is 18.3 Å². The Bertz CT molecular complexity index is 1710. The number of carbonyl (C=O) groups excluding carboxylic acids is 2. The van der Waals surface area contributed by atoms with Gasteiger partial charge in [-0.15, -0.1) is 0 Å². The van der Waals surface area contributed by atoms with Gasteiger partial charge in [-0.25, -0.2) is 9.97 Å². The Kier molecular flexibility index (Phi) is 6.31. The molecule has 11 heteroatoms. The molecule has 0 saturated heterocycles. The molecule has 4 bridgehead atoms. The summed E-state index contributed by atoms with van der Waals surface area (Å²) in [6, 6.07) is 12.3. The van der Waals surface area contributed by atoms with Crippen LogP contribution in [0.15, 0.2) is 59.3 Å². The van der Waals surface area contributed by atoms with E-state index in [1.807, 2.05) is 50.2 Å². The minimum atomic E-state index is -1.25. The van der Waals surface area contributed by atoms with Crippen LogP contribution >= 0.6 is 0 Å². The third kappa shape index (κ3) is 4.13. The highest BCUT2D eigenvalue weighted by Crippen LogP contribution is 2.59. The number of benzene rings is 2. The Balaban J connectivity index is 1.47. The fourth-order valence-corrected chi connectivity index (χ4v) is 6.42. The Morgan fingerprint density at radius 2 is 1.93 bits per heavy atom. The molecule has 7 rings (SSSR count). The standard InChI is InChI=1S/C32H34N6O5/c1-15(2)23-30-38-24(27-33-11-12-34-27)26(43-30)32-18-7-5-6-8-20(18)36-31(32)42-22-10-9-17(13-19(22)32)14-21(28(40)37-23)35-29(41)25(39)16(3)4/h5-13,15-16,21,23,25,31,36,39H,14H2,1-4H3,(H,33,34)(H,35,41)(H,37,40)/t21-,23-,25-,31?,32-/m0/s1. The number of hydrogen-bond acceptors (Lipinski definition) is 8. The summed E-state index contributed by atoms with van der Waals surface area (Å²) in [5.74, 6) is 0.654. The Labute approximate surface area is 248 Å². The van der Waals surface area contributed by atoms with E-state index in [1.165, 1.54) is 0 Å². The van der Waals surface area contributed by atoms with Crippen LogP contribution in [0.4, 0.5) is 5.69 Å². The van der Waals surface area contributed by atoms with Gasteiger partial charge in [0.2, 0.25) is 17.7 Å². The fourth-order valence-electron chi connectivity index (χ4n) is 6.42. The number of oxazole rings is 1. The predicted molar refractivity (Wildman–Crippen MR) is 157 cm³/mol. The second kappa shape index (κ2) is 9.98. The van der Waals surface area contributed by atoms with Crippen LogP contribution in [0.3, 0.4) is 0 Å². The number of nitrogens with one attached hydrogen (secondary N) is 4. The van der Waals surface area contributed by atoms with E-state index in [1.54, 1.807) is 26.2 Å². The summed E-state index contributed by atoms with van der Waals surface area (Å²) in [7, 11) is 0. The fraction of sp³-hybridized carbons (Fsp3) is 0.375. The van der Waals surface area contributed by atoms with Gasteiger partial charge >= 0.3 is 0 Å². The molecule has 43 heavy (non-hydrogen) atoms. The molecule has 3 aliphatic heterocycles. The zero-order valence-corrected chi connectivity index (χ0v) is 24.3. The summed E-state index contributed by atoms with van der Waals surface area (Å²) in [4.78, 5) is 39.5.